The number of ether oxygens (including phenoxy) is 2. The molecule has 0 heterocycles. The van der Waals surface area contributed by atoms with Crippen molar-refractivity contribution in [2.75, 3.05) is 25.6 Å². The zero-order valence-corrected chi connectivity index (χ0v) is 22.2. The van der Waals surface area contributed by atoms with Crippen molar-refractivity contribution in [3.05, 3.63) is 59.7 Å². The fraction of sp³-hybridized carbons (Fsp3) is 0.423. The summed E-state index contributed by atoms with van der Waals surface area (Å²) in [5.41, 5.74) is 1.83. The third kappa shape index (κ3) is 10.2. The number of esters is 2. The molecule has 2 rings (SSSR count). The number of sulfonamides is 1. The molecule has 0 radical (unpaired) electrons. The van der Waals surface area contributed by atoms with Gasteiger partial charge in [0.1, 0.15) is 6.04 Å². The molecular weight excluding hydrogens is 498 g/mol. The highest BCUT2D eigenvalue weighted by molar-refractivity contribution is 7.89. The van der Waals surface area contributed by atoms with Crippen LogP contribution in [0, 0.1) is 6.92 Å². The molecule has 0 aliphatic heterocycles. The minimum Gasteiger partial charge on any atom is -0.468 e. The molecule has 3 N–H and O–H groups in total. The lowest BCUT2D eigenvalue weighted by Gasteiger charge is -2.17. The molecule has 37 heavy (non-hydrogen) atoms. The van der Waals surface area contributed by atoms with Gasteiger partial charge >= 0.3 is 18.0 Å². The summed E-state index contributed by atoms with van der Waals surface area (Å²) in [4.78, 5) is 36.3. The summed E-state index contributed by atoms with van der Waals surface area (Å²) in [7, 11) is -2.70. The largest absolute Gasteiger partial charge is 0.468 e. The van der Waals surface area contributed by atoms with E-state index >= 15 is 0 Å². The van der Waals surface area contributed by atoms with Gasteiger partial charge in [0.2, 0.25) is 10.0 Å². The predicted octanol–water partition coefficient (Wildman–Crippen LogP) is 3.76. The van der Waals surface area contributed by atoms with Crippen molar-refractivity contribution >= 4 is 33.7 Å². The van der Waals surface area contributed by atoms with Crippen LogP contribution >= 0.6 is 0 Å². The first-order valence-electron chi connectivity index (χ1n) is 12.1. The quantitative estimate of drug-likeness (QED) is 0.248. The van der Waals surface area contributed by atoms with Crippen LogP contribution < -0.4 is 15.4 Å². The van der Waals surface area contributed by atoms with Crippen molar-refractivity contribution in [2.24, 2.45) is 0 Å². The van der Waals surface area contributed by atoms with Gasteiger partial charge in [0, 0.05) is 12.2 Å². The Bertz CT molecular complexity index is 1130. The average molecular weight is 534 g/mol. The van der Waals surface area contributed by atoms with E-state index in [2.05, 4.69) is 15.4 Å². The summed E-state index contributed by atoms with van der Waals surface area (Å²) in [6.07, 6.45) is 2.92. The van der Waals surface area contributed by atoms with Crippen LogP contribution in [-0.2, 0) is 24.3 Å². The molecule has 0 fully saturated rings. The Balaban J connectivity index is 1.77. The average Bonchev–Trinajstić information content (AvgIpc) is 2.88. The molecule has 0 aliphatic carbocycles. The maximum Gasteiger partial charge on any atom is 0.338 e. The minimum atomic E-state index is -3.90. The number of aryl methyl sites for hydroxylation is 1. The van der Waals surface area contributed by atoms with E-state index in [0.29, 0.717) is 37.2 Å². The highest BCUT2D eigenvalue weighted by atomic mass is 32.2. The molecular formula is C26H35N3O7S. The summed E-state index contributed by atoms with van der Waals surface area (Å²) in [6.45, 7) is 4.54. The summed E-state index contributed by atoms with van der Waals surface area (Å²) >= 11 is 0. The number of rotatable bonds is 14. The van der Waals surface area contributed by atoms with Crippen LogP contribution in [0.25, 0.3) is 0 Å². The molecule has 0 spiro atoms. The standard InChI is InChI=1S/C26H35N3O7S/c1-4-5-18-36-24(30)20-11-13-21(14-12-20)28-26(32)27-17-7-6-8-23(25(31)35-3)29-37(33,34)22-15-9-19(2)10-16-22/h9-16,23,29H,4-8,17-18H2,1-3H3,(H2,27,28,32). The summed E-state index contributed by atoms with van der Waals surface area (Å²) in [5.74, 6) is -1.09. The van der Waals surface area contributed by atoms with Crippen LogP contribution in [0.4, 0.5) is 10.5 Å². The number of hydrogen-bond donors (Lipinski definition) is 3. The van der Waals surface area contributed by atoms with Gasteiger partial charge in [0.25, 0.3) is 0 Å². The van der Waals surface area contributed by atoms with Gasteiger partial charge in [-0.3, -0.25) is 4.79 Å². The molecule has 0 bridgehead atoms. The number of anilines is 1. The lowest BCUT2D eigenvalue weighted by atomic mass is 10.1. The molecule has 0 aromatic heterocycles. The molecule has 1 unspecified atom stereocenters. The van der Waals surface area contributed by atoms with E-state index in [4.69, 9.17) is 9.47 Å². The molecule has 2 amide bonds. The minimum absolute atomic E-state index is 0.0618. The Hall–Kier alpha value is -3.44. The number of methoxy groups -OCH3 is 1. The number of nitrogens with one attached hydrogen (secondary N) is 3. The number of urea groups is 1. The van der Waals surface area contributed by atoms with E-state index in [-0.39, 0.29) is 11.3 Å². The van der Waals surface area contributed by atoms with Gasteiger partial charge in [0.15, 0.2) is 0 Å². The van der Waals surface area contributed by atoms with Gasteiger partial charge in [-0.25, -0.2) is 18.0 Å². The molecule has 10 nitrogen and oxygen atoms in total. The Morgan fingerprint density at radius 3 is 2.24 bits per heavy atom. The number of carbonyl (C=O) groups excluding carboxylic acids is 3. The number of unbranched alkanes of at least 4 members (excludes halogenated alkanes) is 2. The molecule has 11 heteroatoms. The Kier molecular flexibility index (Phi) is 12.0. The second-order valence-electron chi connectivity index (χ2n) is 8.45. The van der Waals surface area contributed by atoms with Gasteiger partial charge in [-0.05, 0) is 69.0 Å². The Morgan fingerprint density at radius 2 is 1.62 bits per heavy atom. The van der Waals surface area contributed by atoms with E-state index in [0.717, 1.165) is 18.4 Å². The van der Waals surface area contributed by atoms with Crippen LogP contribution in [0.1, 0.15) is 54.9 Å². The topological polar surface area (TPSA) is 140 Å². The molecule has 0 saturated heterocycles. The smallest absolute Gasteiger partial charge is 0.338 e. The van der Waals surface area contributed by atoms with Crippen molar-refractivity contribution in [1.82, 2.24) is 10.0 Å². The first-order chi connectivity index (χ1) is 17.7. The van der Waals surface area contributed by atoms with E-state index in [1.807, 2.05) is 13.8 Å². The molecule has 0 aliphatic rings. The maximum absolute atomic E-state index is 12.6. The number of carbonyl (C=O) groups is 3. The first-order valence-corrected chi connectivity index (χ1v) is 13.6. The Morgan fingerprint density at radius 1 is 0.946 bits per heavy atom. The summed E-state index contributed by atoms with van der Waals surface area (Å²) in [6, 6.07) is 11.2. The normalized spacial score (nSPS) is 11.9. The van der Waals surface area contributed by atoms with E-state index < -0.39 is 34.0 Å². The lowest BCUT2D eigenvalue weighted by molar-refractivity contribution is -0.142. The van der Waals surface area contributed by atoms with Gasteiger partial charge in [-0.2, -0.15) is 4.72 Å². The summed E-state index contributed by atoms with van der Waals surface area (Å²) < 4.78 is 37.6. The van der Waals surface area contributed by atoms with Crippen molar-refractivity contribution < 1.29 is 32.3 Å². The Labute approximate surface area is 218 Å². The zero-order chi connectivity index (χ0) is 27.3. The summed E-state index contributed by atoms with van der Waals surface area (Å²) in [5, 5.41) is 5.38. The molecule has 2 aromatic carbocycles. The van der Waals surface area contributed by atoms with Crippen molar-refractivity contribution in [3.8, 4) is 0 Å². The highest BCUT2D eigenvalue weighted by Gasteiger charge is 2.26. The van der Waals surface area contributed by atoms with E-state index in [1.54, 1.807) is 36.4 Å². The van der Waals surface area contributed by atoms with Gasteiger partial charge in [-0.1, -0.05) is 31.0 Å². The SMILES string of the molecule is CCCCOC(=O)c1ccc(NC(=O)NCCCCC(NS(=O)(=O)c2ccc(C)cc2)C(=O)OC)cc1. The third-order valence-corrected chi connectivity index (χ3v) is 6.92. The van der Waals surface area contributed by atoms with Crippen molar-refractivity contribution in [1.29, 1.82) is 0 Å². The monoisotopic (exact) mass is 533 g/mol. The number of amides is 2. The van der Waals surface area contributed by atoms with Crippen LogP contribution in [0.15, 0.2) is 53.4 Å². The van der Waals surface area contributed by atoms with Gasteiger partial charge in [0.05, 0.1) is 24.2 Å². The van der Waals surface area contributed by atoms with E-state index in [9.17, 15) is 22.8 Å². The van der Waals surface area contributed by atoms with Crippen molar-refractivity contribution in [3.63, 3.8) is 0 Å². The number of benzene rings is 2. The maximum atomic E-state index is 12.6. The van der Waals surface area contributed by atoms with Crippen LogP contribution in [0.2, 0.25) is 0 Å². The fourth-order valence-electron chi connectivity index (χ4n) is 3.27. The predicted molar refractivity (Wildman–Crippen MR) is 140 cm³/mol. The van der Waals surface area contributed by atoms with Crippen LogP contribution in [0.5, 0.6) is 0 Å². The first kappa shape index (κ1) is 29.8. The van der Waals surface area contributed by atoms with Crippen molar-refractivity contribution in [2.45, 2.75) is 56.9 Å². The number of hydrogen-bond acceptors (Lipinski definition) is 7. The molecule has 2 aromatic rings. The zero-order valence-electron chi connectivity index (χ0n) is 21.4. The van der Waals surface area contributed by atoms with Crippen LogP contribution in [-0.4, -0.2) is 52.7 Å². The molecule has 1 atom stereocenters. The second-order valence-corrected chi connectivity index (χ2v) is 10.2. The second kappa shape index (κ2) is 15.0. The highest BCUT2D eigenvalue weighted by Crippen LogP contribution is 2.13. The molecule has 0 saturated carbocycles. The third-order valence-electron chi connectivity index (χ3n) is 5.43. The lowest BCUT2D eigenvalue weighted by Crippen LogP contribution is -2.41. The molecule has 202 valence electrons. The van der Waals surface area contributed by atoms with Gasteiger partial charge < -0.3 is 20.1 Å². The fourth-order valence-corrected chi connectivity index (χ4v) is 4.49. The van der Waals surface area contributed by atoms with Crippen LogP contribution in [0.3, 0.4) is 0 Å². The van der Waals surface area contributed by atoms with Gasteiger partial charge in [-0.15, -0.1) is 0 Å². The van der Waals surface area contributed by atoms with E-state index in [1.165, 1.54) is 19.2 Å².